The first-order valence-electron chi connectivity index (χ1n) is 7.49. The standard InChI is InChI=1S/C16H25N3O2/c1-11-3-4-12(7-11)9-18-10-13-5-6-15(21-2)14(8-13)16(17)19-20/h5-6,8,11-12,18,20H,3-4,7,9-10H2,1-2H3,(H2,17,19). The number of ether oxygens (including phenoxy) is 1. The van der Waals surface area contributed by atoms with E-state index in [2.05, 4.69) is 17.4 Å². The Morgan fingerprint density at radius 2 is 2.29 bits per heavy atom. The number of hydrogen-bond acceptors (Lipinski definition) is 4. The normalized spacial score (nSPS) is 22.5. The lowest BCUT2D eigenvalue weighted by molar-refractivity contribution is 0.318. The summed E-state index contributed by atoms with van der Waals surface area (Å²) in [4.78, 5) is 0. The van der Waals surface area contributed by atoms with Gasteiger partial charge in [0.05, 0.1) is 12.7 Å². The lowest BCUT2D eigenvalue weighted by atomic mass is 10.1. The number of rotatable bonds is 6. The first kappa shape index (κ1) is 15.6. The van der Waals surface area contributed by atoms with Crippen LogP contribution in [0.5, 0.6) is 5.75 Å². The molecule has 1 aromatic carbocycles. The van der Waals surface area contributed by atoms with Crippen LogP contribution in [0.2, 0.25) is 0 Å². The van der Waals surface area contributed by atoms with E-state index in [4.69, 9.17) is 15.7 Å². The van der Waals surface area contributed by atoms with Crippen LogP contribution in [-0.2, 0) is 6.54 Å². The fourth-order valence-electron chi connectivity index (χ4n) is 3.05. The van der Waals surface area contributed by atoms with Gasteiger partial charge in [-0.05, 0) is 48.9 Å². The van der Waals surface area contributed by atoms with Gasteiger partial charge in [-0.25, -0.2) is 0 Å². The van der Waals surface area contributed by atoms with Crippen LogP contribution in [0.25, 0.3) is 0 Å². The lowest BCUT2D eigenvalue weighted by Gasteiger charge is -2.13. The molecule has 1 saturated carbocycles. The van der Waals surface area contributed by atoms with E-state index in [-0.39, 0.29) is 5.84 Å². The number of nitrogens with one attached hydrogen (secondary N) is 1. The fraction of sp³-hybridized carbons (Fsp3) is 0.562. The molecule has 1 aliphatic rings. The van der Waals surface area contributed by atoms with Crippen LogP contribution < -0.4 is 15.8 Å². The second kappa shape index (κ2) is 7.31. The van der Waals surface area contributed by atoms with Crippen molar-refractivity contribution in [3.63, 3.8) is 0 Å². The van der Waals surface area contributed by atoms with Crippen LogP contribution >= 0.6 is 0 Å². The summed E-state index contributed by atoms with van der Waals surface area (Å²) in [5.41, 5.74) is 7.40. The second-order valence-electron chi connectivity index (χ2n) is 5.94. The van der Waals surface area contributed by atoms with Gasteiger partial charge in [-0.3, -0.25) is 0 Å². The van der Waals surface area contributed by atoms with Gasteiger partial charge in [0.1, 0.15) is 5.75 Å². The molecular formula is C16H25N3O2. The molecule has 4 N–H and O–H groups in total. The average Bonchev–Trinajstić information content (AvgIpc) is 2.91. The van der Waals surface area contributed by atoms with E-state index >= 15 is 0 Å². The van der Waals surface area contributed by atoms with Gasteiger partial charge < -0.3 is 21.0 Å². The Hall–Kier alpha value is -1.75. The highest BCUT2D eigenvalue weighted by Gasteiger charge is 2.20. The van der Waals surface area contributed by atoms with Crippen molar-refractivity contribution < 1.29 is 9.94 Å². The van der Waals surface area contributed by atoms with Crippen molar-refractivity contribution in [2.45, 2.75) is 32.7 Å². The summed E-state index contributed by atoms with van der Waals surface area (Å²) in [6.45, 7) is 4.16. The monoisotopic (exact) mass is 291 g/mol. The predicted molar refractivity (Wildman–Crippen MR) is 83.7 cm³/mol. The summed E-state index contributed by atoms with van der Waals surface area (Å²) >= 11 is 0. The number of hydrogen-bond donors (Lipinski definition) is 3. The Labute approximate surface area is 126 Å². The van der Waals surface area contributed by atoms with E-state index < -0.39 is 0 Å². The minimum absolute atomic E-state index is 0.0679. The van der Waals surface area contributed by atoms with Gasteiger partial charge >= 0.3 is 0 Å². The molecule has 0 aromatic heterocycles. The van der Waals surface area contributed by atoms with Gasteiger partial charge in [0, 0.05) is 6.54 Å². The third kappa shape index (κ3) is 4.11. The van der Waals surface area contributed by atoms with Crippen LogP contribution in [0.15, 0.2) is 23.4 Å². The molecule has 5 nitrogen and oxygen atoms in total. The van der Waals surface area contributed by atoms with Crippen LogP contribution in [0.4, 0.5) is 0 Å². The lowest BCUT2D eigenvalue weighted by Crippen LogP contribution is -2.21. The van der Waals surface area contributed by atoms with Gasteiger partial charge in [-0.2, -0.15) is 0 Å². The smallest absolute Gasteiger partial charge is 0.173 e. The van der Waals surface area contributed by atoms with E-state index in [1.807, 2.05) is 18.2 Å². The molecule has 0 amide bonds. The first-order valence-corrected chi connectivity index (χ1v) is 7.49. The Morgan fingerprint density at radius 1 is 1.48 bits per heavy atom. The molecule has 1 aliphatic carbocycles. The summed E-state index contributed by atoms with van der Waals surface area (Å²) in [5, 5.41) is 15.4. The van der Waals surface area contributed by atoms with Gasteiger partial charge in [-0.15, -0.1) is 0 Å². The quantitative estimate of drug-likeness (QED) is 0.325. The molecule has 2 unspecified atom stereocenters. The molecular weight excluding hydrogens is 266 g/mol. The minimum Gasteiger partial charge on any atom is -0.496 e. The molecule has 0 spiro atoms. The molecule has 0 heterocycles. The van der Waals surface area contributed by atoms with E-state index in [1.165, 1.54) is 19.3 Å². The Kier molecular flexibility index (Phi) is 5.44. The minimum atomic E-state index is 0.0679. The van der Waals surface area contributed by atoms with Crippen molar-refractivity contribution >= 4 is 5.84 Å². The molecule has 0 radical (unpaired) electrons. The van der Waals surface area contributed by atoms with Crippen molar-refractivity contribution in [1.29, 1.82) is 0 Å². The highest BCUT2D eigenvalue weighted by molar-refractivity contribution is 5.99. The molecule has 21 heavy (non-hydrogen) atoms. The summed E-state index contributed by atoms with van der Waals surface area (Å²) < 4.78 is 5.23. The van der Waals surface area contributed by atoms with E-state index in [0.717, 1.165) is 30.5 Å². The number of nitrogens with two attached hydrogens (primary N) is 1. The van der Waals surface area contributed by atoms with Crippen LogP contribution in [0, 0.1) is 11.8 Å². The third-order valence-corrected chi connectivity index (χ3v) is 4.21. The summed E-state index contributed by atoms with van der Waals surface area (Å²) in [5.74, 6) is 2.34. The number of nitrogens with zero attached hydrogens (tertiary/aromatic N) is 1. The van der Waals surface area contributed by atoms with Crippen LogP contribution in [-0.4, -0.2) is 24.7 Å². The zero-order chi connectivity index (χ0) is 15.2. The SMILES string of the molecule is COc1ccc(CNCC2CCC(C)C2)cc1/C(N)=N/O. The molecule has 2 rings (SSSR count). The Morgan fingerprint density at radius 3 is 2.90 bits per heavy atom. The van der Waals surface area contributed by atoms with Gasteiger partial charge in [-0.1, -0.05) is 24.6 Å². The third-order valence-electron chi connectivity index (χ3n) is 4.21. The molecule has 116 valence electrons. The van der Waals surface area contributed by atoms with Gasteiger partial charge in [0.15, 0.2) is 5.84 Å². The van der Waals surface area contributed by atoms with Crippen molar-refractivity contribution in [3.8, 4) is 5.75 Å². The molecule has 5 heteroatoms. The number of benzene rings is 1. The molecule has 1 aromatic rings. The Bertz CT molecular complexity index is 502. The first-order chi connectivity index (χ1) is 10.1. The zero-order valence-corrected chi connectivity index (χ0v) is 12.8. The average molecular weight is 291 g/mol. The Balaban J connectivity index is 1.94. The van der Waals surface area contributed by atoms with Gasteiger partial charge in [0.2, 0.25) is 0 Å². The maximum absolute atomic E-state index is 8.84. The highest BCUT2D eigenvalue weighted by Crippen LogP contribution is 2.29. The van der Waals surface area contributed by atoms with Crippen molar-refractivity contribution in [2.75, 3.05) is 13.7 Å². The molecule has 2 atom stereocenters. The largest absolute Gasteiger partial charge is 0.496 e. The maximum atomic E-state index is 8.84. The molecule has 1 fully saturated rings. The summed E-state index contributed by atoms with van der Waals surface area (Å²) in [6, 6.07) is 5.75. The molecule has 0 aliphatic heterocycles. The number of amidine groups is 1. The summed E-state index contributed by atoms with van der Waals surface area (Å²) in [7, 11) is 1.57. The molecule has 0 saturated heterocycles. The van der Waals surface area contributed by atoms with Crippen LogP contribution in [0.3, 0.4) is 0 Å². The molecule has 0 bridgehead atoms. The van der Waals surface area contributed by atoms with E-state index in [0.29, 0.717) is 11.3 Å². The summed E-state index contributed by atoms with van der Waals surface area (Å²) in [6.07, 6.45) is 4.00. The van der Waals surface area contributed by atoms with Crippen molar-refractivity contribution in [2.24, 2.45) is 22.7 Å². The predicted octanol–water partition coefficient (Wildman–Crippen LogP) is 2.32. The van der Waals surface area contributed by atoms with E-state index in [1.54, 1.807) is 7.11 Å². The fourth-order valence-corrected chi connectivity index (χ4v) is 3.05. The van der Waals surface area contributed by atoms with Crippen molar-refractivity contribution in [1.82, 2.24) is 5.32 Å². The number of methoxy groups -OCH3 is 1. The van der Waals surface area contributed by atoms with Gasteiger partial charge in [0.25, 0.3) is 0 Å². The van der Waals surface area contributed by atoms with Crippen LogP contribution in [0.1, 0.15) is 37.3 Å². The highest BCUT2D eigenvalue weighted by atomic mass is 16.5. The number of oxime groups is 1. The van der Waals surface area contributed by atoms with Crippen molar-refractivity contribution in [3.05, 3.63) is 29.3 Å². The zero-order valence-electron chi connectivity index (χ0n) is 12.8. The topological polar surface area (TPSA) is 79.9 Å². The maximum Gasteiger partial charge on any atom is 0.173 e. The van der Waals surface area contributed by atoms with E-state index in [9.17, 15) is 0 Å². The second-order valence-corrected chi connectivity index (χ2v) is 5.94.